The van der Waals surface area contributed by atoms with Crippen LogP contribution in [0.4, 0.5) is 0 Å². The van der Waals surface area contributed by atoms with Crippen LogP contribution < -0.4 is 5.32 Å². The van der Waals surface area contributed by atoms with Crippen LogP contribution in [0.1, 0.15) is 39.0 Å². The van der Waals surface area contributed by atoms with Crippen molar-refractivity contribution in [2.24, 2.45) is 0 Å². The van der Waals surface area contributed by atoms with Gasteiger partial charge in [0.25, 0.3) is 0 Å². The van der Waals surface area contributed by atoms with E-state index in [-0.39, 0.29) is 5.54 Å². The molecular weight excluding hydrogens is 226 g/mol. The van der Waals surface area contributed by atoms with Gasteiger partial charge in [-0.2, -0.15) is 5.26 Å². The van der Waals surface area contributed by atoms with Crippen molar-refractivity contribution in [3.63, 3.8) is 0 Å². The van der Waals surface area contributed by atoms with E-state index in [1.165, 1.54) is 12.8 Å². The van der Waals surface area contributed by atoms with Gasteiger partial charge in [0, 0.05) is 19.1 Å². The van der Waals surface area contributed by atoms with E-state index in [1.54, 1.807) is 0 Å². The van der Waals surface area contributed by atoms with Crippen LogP contribution >= 0.6 is 0 Å². The van der Waals surface area contributed by atoms with Crippen molar-refractivity contribution in [2.75, 3.05) is 32.8 Å². The zero-order valence-electron chi connectivity index (χ0n) is 11.5. The van der Waals surface area contributed by atoms with Gasteiger partial charge in [0.2, 0.25) is 0 Å². The zero-order valence-corrected chi connectivity index (χ0v) is 11.5. The lowest BCUT2D eigenvalue weighted by atomic mass is 9.91. The molecule has 0 amide bonds. The highest BCUT2D eigenvalue weighted by Crippen LogP contribution is 2.26. The molecule has 1 atom stereocenters. The number of morpholine rings is 1. The second-order valence-electron chi connectivity index (χ2n) is 5.52. The quantitative estimate of drug-likeness (QED) is 0.745. The summed E-state index contributed by atoms with van der Waals surface area (Å²) in [5.41, 5.74) is -0.284. The zero-order chi connectivity index (χ0) is 12.8. The van der Waals surface area contributed by atoms with E-state index in [1.807, 2.05) is 0 Å². The minimum Gasteiger partial charge on any atom is -0.379 e. The first-order chi connectivity index (χ1) is 8.78. The van der Waals surface area contributed by atoms with E-state index in [2.05, 4.69) is 23.2 Å². The summed E-state index contributed by atoms with van der Waals surface area (Å²) >= 11 is 0. The summed E-state index contributed by atoms with van der Waals surface area (Å²) in [7, 11) is 0. The second-order valence-corrected chi connectivity index (χ2v) is 5.52. The van der Waals surface area contributed by atoms with Gasteiger partial charge in [-0.15, -0.1) is 0 Å². The van der Waals surface area contributed by atoms with Crippen molar-refractivity contribution >= 4 is 0 Å². The lowest BCUT2D eigenvalue weighted by molar-refractivity contribution is 0.0365. The molecule has 1 saturated carbocycles. The van der Waals surface area contributed by atoms with Gasteiger partial charge in [-0.25, -0.2) is 0 Å². The Morgan fingerprint density at radius 3 is 2.67 bits per heavy atom. The van der Waals surface area contributed by atoms with E-state index in [0.29, 0.717) is 6.04 Å². The molecule has 2 aliphatic rings. The Morgan fingerprint density at radius 1 is 1.39 bits per heavy atom. The summed E-state index contributed by atoms with van der Waals surface area (Å²) in [6.45, 7) is 7.02. The van der Waals surface area contributed by atoms with Crippen LogP contribution in [0.5, 0.6) is 0 Å². The highest BCUT2D eigenvalue weighted by atomic mass is 16.5. The molecule has 1 saturated heterocycles. The van der Waals surface area contributed by atoms with E-state index in [0.717, 1.165) is 52.1 Å². The SMILES string of the molecule is CCC(C#N)(CCCN1CCOCC1)NC1CC1. The number of hydrogen-bond acceptors (Lipinski definition) is 4. The van der Waals surface area contributed by atoms with Gasteiger partial charge >= 0.3 is 0 Å². The Morgan fingerprint density at radius 2 is 2.11 bits per heavy atom. The molecule has 4 heteroatoms. The third-order valence-electron chi connectivity index (χ3n) is 4.06. The number of hydrogen-bond donors (Lipinski definition) is 1. The molecule has 0 spiro atoms. The molecular formula is C14H25N3O. The molecule has 1 aliphatic heterocycles. The molecule has 0 radical (unpaired) electrons. The molecule has 2 fully saturated rings. The fraction of sp³-hybridized carbons (Fsp3) is 0.929. The minimum absolute atomic E-state index is 0.284. The Kier molecular flexibility index (Phi) is 4.99. The molecule has 2 rings (SSSR count). The fourth-order valence-corrected chi connectivity index (χ4v) is 2.57. The predicted octanol–water partition coefficient (Wildman–Crippen LogP) is 1.52. The van der Waals surface area contributed by atoms with E-state index < -0.39 is 0 Å². The average molecular weight is 251 g/mol. The van der Waals surface area contributed by atoms with Crippen LogP contribution in [0, 0.1) is 11.3 Å². The molecule has 1 heterocycles. The summed E-state index contributed by atoms with van der Waals surface area (Å²) in [5.74, 6) is 0. The van der Waals surface area contributed by atoms with E-state index >= 15 is 0 Å². The number of nitrogens with zero attached hydrogens (tertiary/aromatic N) is 2. The van der Waals surface area contributed by atoms with E-state index in [4.69, 9.17) is 4.74 Å². The van der Waals surface area contributed by atoms with Crippen molar-refractivity contribution in [1.29, 1.82) is 5.26 Å². The first kappa shape index (κ1) is 13.8. The monoisotopic (exact) mass is 251 g/mol. The summed E-state index contributed by atoms with van der Waals surface area (Å²) in [6, 6.07) is 3.12. The maximum Gasteiger partial charge on any atom is 0.106 e. The van der Waals surface area contributed by atoms with Crippen molar-refractivity contribution in [2.45, 2.75) is 50.6 Å². The fourth-order valence-electron chi connectivity index (χ4n) is 2.57. The Bertz CT molecular complexity index is 292. The topological polar surface area (TPSA) is 48.3 Å². The molecule has 0 aromatic heterocycles. The van der Waals surface area contributed by atoms with Crippen LogP contribution in [0.25, 0.3) is 0 Å². The van der Waals surface area contributed by atoms with Crippen LogP contribution in [0.3, 0.4) is 0 Å². The first-order valence-corrected chi connectivity index (χ1v) is 7.27. The largest absolute Gasteiger partial charge is 0.379 e. The van der Waals surface area contributed by atoms with Gasteiger partial charge < -0.3 is 4.74 Å². The predicted molar refractivity (Wildman–Crippen MR) is 71.3 cm³/mol. The van der Waals surface area contributed by atoms with Gasteiger partial charge in [-0.1, -0.05) is 6.92 Å². The smallest absolute Gasteiger partial charge is 0.106 e. The lowest BCUT2D eigenvalue weighted by Gasteiger charge is -2.30. The molecule has 18 heavy (non-hydrogen) atoms. The number of rotatable bonds is 7. The molecule has 1 unspecified atom stereocenters. The summed E-state index contributed by atoms with van der Waals surface area (Å²) in [4.78, 5) is 2.44. The van der Waals surface area contributed by atoms with Crippen molar-refractivity contribution < 1.29 is 4.74 Å². The maximum atomic E-state index is 9.44. The van der Waals surface area contributed by atoms with Crippen molar-refractivity contribution in [3.05, 3.63) is 0 Å². The number of nitrogens with one attached hydrogen (secondary N) is 1. The maximum absolute atomic E-state index is 9.44. The normalized spacial score (nSPS) is 24.4. The second kappa shape index (κ2) is 6.51. The molecule has 102 valence electrons. The lowest BCUT2D eigenvalue weighted by Crippen LogP contribution is -2.45. The van der Waals surface area contributed by atoms with Crippen LogP contribution in [0.2, 0.25) is 0 Å². The van der Waals surface area contributed by atoms with Crippen molar-refractivity contribution in [1.82, 2.24) is 10.2 Å². The molecule has 1 N–H and O–H groups in total. The summed E-state index contributed by atoms with van der Waals surface area (Å²) in [6.07, 6.45) is 5.46. The van der Waals surface area contributed by atoms with Crippen LogP contribution in [-0.2, 0) is 4.74 Å². The van der Waals surface area contributed by atoms with Crippen LogP contribution in [0.15, 0.2) is 0 Å². The number of ether oxygens (including phenoxy) is 1. The van der Waals surface area contributed by atoms with Gasteiger partial charge in [0.1, 0.15) is 5.54 Å². The molecule has 0 aromatic carbocycles. The summed E-state index contributed by atoms with van der Waals surface area (Å²) in [5, 5.41) is 13.0. The standard InChI is InChI=1S/C14H25N3O/c1-2-14(12-15,16-13-4-5-13)6-3-7-17-8-10-18-11-9-17/h13,16H,2-11H2,1H3. The average Bonchev–Trinajstić information content (AvgIpc) is 3.23. The molecule has 0 bridgehead atoms. The molecule has 4 nitrogen and oxygen atoms in total. The summed E-state index contributed by atoms with van der Waals surface area (Å²) < 4.78 is 5.34. The van der Waals surface area contributed by atoms with Crippen molar-refractivity contribution in [3.8, 4) is 6.07 Å². The minimum atomic E-state index is -0.284. The van der Waals surface area contributed by atoms with Gasteiger partial charge in [-0.3, -0.25) is 10.2 Å². The molecule has 0 aromatic rings. The van der Waals surface area contributed by atoms with Crippen LogP contribution in [-0.4, -0.2) is 49.3 Å². The molecule has 1 aliphatic carbocycles. The third kappa shape index (κ3) is 3.94. The van der Waals surface area contributed by atoms with E-state index in [9.17, 15) is 5.26 Å². The van der Waals surface area contributed by atoms with Gasteiger partial charge in [0.15, 0.2) is 0 Å². The Hall–Kier alpha value is -0.630. The third-order valence-corrected chi connectivity index (χ3v) is 4.06. The Labute approximate surface area is 110 Å². The van der Waals surface area contributed by atoms with Gasteiger partial charge in [-0.05, 0) is 38.6 Å². The number of nitriles is 1. The highest BCUT2D eigenvalue weighted by molar-refractivity contribution is 5.09. The first-order valence-electron chi connectivity index (χ1n) is 7.27. The Balaban J connectivity index is 1.72. The van der Waals surface area contributed by atoms with Gasteiger partial charge in [0.05, 0.1) is 19.3 Å². The highest BCUT2D eigenvalue weighted by Gasteiger charge is 2.34.